The molecule has 0 radical (unpaired) electrons. The van der Waals surface area contributed by atoms with Crippen molar-refractivity contribution in [3.63, 3.8) is 0 Å². The van der Waals surface area contributed by atoms with Gasteiger partial charge in [-0.2, -0.15) is 0 Å². The van der Waals surface area contributed by atoms with Crippen LogP contribution in [0.15, 0.2) is 53.5 Å². The van der Waals surface area contributed by atoms with Gasteiger partial charge in [0, 0.05) is 17.7 Å². The molecule has 2 aromatic carbocycles. The number of non-ortho nitro benzene ring substituents is 1. The fraction of sp³-hybridized carbons (Fsp3) is 0.300. The predicted octanol–water partition coefficient (Wildman–Crippen LogP) is 3.51. The first-order chi connectivity index (χ1) is 13.1. The van der Waals surface area contributed by atoms with Crippen LogP contribution >= 0.6 is 0 Å². The van der Waals surface area contributed by atoms with Crippen LogP contribution in [0.4, 0.5) is 17.1 Å². The van der Waals surface area contributed by atoms with Crippen molar-refractivity contribution in [1.82, 2.24) is 4.90 Å². The number of carbonyl (C=O) groups is 1. The predicted molar refractivity (Wildman–Crippen MR) is 104 cm³/mol. The maximum atomic E-state index is 13.1. The van der Waals surface area contributed by atoms with Crippen LogP contribution in [0.5, 0.6) is 0 Å². The molecule has 2 heterocycles. The number of likely N-dealkylation sites (tertiary alicyclic amines) is 1. The number of carbonyl (C=O) groups excluding carboxylic acids is 1. The van der Waals surface area contributed by atoms with E-state index in [9.17, 15) is 14.9 Å². The number of fused-ring (bicyclic) bond motifs is 1. The highest BCUT2D eigenvalue weighted by Gasteiger charge is 2.34. The third-order valence-electron chi connectivity index (χ3n) is 4.97. The van der Waals surface area contributed by atoms with Gasteiger partial charge in [-0.25, -0.2) is 4.99 Å². The number of hydrogen-bond donors (Lipinski definition) is 0. The maximum absolute atomic E-state index is 13.1. The van der Waals surface area contributed by atoms with Crippen molar-refractivity contribution in [3.8, 4) is 0 Å². The van der Waals surface area contributed by atoms with Gasteiger partial charge in [-0.3, -0.25) is 24.7 Å². The first-order valence-electron chi connectivity index (χ1n) is 9.10. The van der Waals surface area contributed by atoms with E-state index in [0.29, 0.717) is 18.1 Å². The zero-order valence-electron chi connectivity index (χ0n) is 14.9. The molecular formula is C20H20N4O3. The summed E-state index contributed by atoms with van der Waals surface area (Å²) in [4.78, 5) is 32.2. The molecule has 4 rings (SSSR count). The van der Waals surface area contributed by atoms with Gasteiger partial charge in [0.05, 0.1) is 23.0 Å². The molecule has 0 aromatic heterocycles. The molecule has 0 atom stereocenters. The first kappa shape index (κ1) is 17.4. The average Bonchev–Trinajstić information content (AvgIpc) is 2.95. The molecule has 1 saturated heterocycles. The molecule has 138 valence electrons. The number of amides is 1. The Morgan fingerprint density at radius 2 is 1.81 bits per heavy atom. The van der Waals surface area contributed by atoms with Crippen molar-refractivity contribution in [3.05, 3.63) is 64.2 Å². The molecule has 7 heteroatoms. The molecule has 7 nitrogen and oxygen atoms in total. The lowest BCUT2D eigenvalue weighted by Crippen LogP contribution is -2.43. The monoisotopic (exact) mass is 364 g/mol. The Labute approximate surface area is 157 Å². The summed E-state index contributed by atoms with van der Waals surface area (Å²) >= 11 is 0. The molecule has 27 heavy (non-hydrogen) atoms. The van der Waals surface area contributed by atoms with Crippen molar-refractivity contribution in [2.75, 3.05) is 24.7 Å². The van der Waals surface area contributed by atoms with E-state index >= 15 is 0 Å². The molecular weight excluding hydrogens is 344 g/mol. The van der Waals surface area contributed by atoms with Crippen LogP contribution in [-0.2, 0) is 4.79 Å². The minimum absolute atomic E-state index is 0.0410. The molecule has 0 aliphatic carbocycles. The molecule has 1 fully saturated rings. The Balaban J connectivity index is 1.68. The molecule has 0 unspecified atom stereocenters. The molecule has 1 amide bonds. The van der Waals surface area contributed by atoms with Gasteiger partial charge in [-0.05, 0) is 38.1 Å². The molecule has 0 bridgehead atoms. The molecule has 2 aliphatic rings. The van der Waals surface area contributed by atoms with Crippen LogP contribution in [0.2, 0.25) is 0 Å². The summed E-state index contributed by atoms with van der Waals surface area (Å²) in [6, 6.07) is 13.6. The Bertz CT molecular complexity index is 919. The van der Waals surface area contributed by atoms with E-state index < -0.39 is 4.92 Å². The standard InChI is InChI=1S/C20H20N4O3/c25-20-19(21-15-7-6-8-16(13-15)24(26)27)17-9-2-3-10-18(17)23(20)14-22-11-4-1-5-12-22/h2-3,6-10,13H,1,4-5,11-12,14H2. The van der Waals surface area contributed by atoms with Crippen LogP contribution in [-0.4, -0.2) is 41.2 Å². The highest BCUT2D eigenvalue weighted by Crippen LogP contribution is 2.32. The normalized spacial score (nSPS) is 18.7. The molecule has 2 aliphatic heterocycles. The summed E-state index contributed by atoms with van der Waals surface area (Å²) in [6.07, 6.45) is 3.54. The number of nitrogens with zero attached hydrogens (tertiary/aromatic N) is 4. The SMILES string of the molecule is O=C1C(=Nc2cccc([N+](=O)[O-])c2)c2ccccc2N1CN1CCCCC1. The largest absolute Gasteiger partial charge is 0.293 e. The van der Waals surface area contributed by atoms with Gasteiger partial charge in [0.1, 0.15) is 5.71 Å². The summed E-state index contributed by atoms with van der Waals surface area (Å²) in [5.41, 5.74) is 2.31. The minimum atomic E-state index is -0.462. The highest BCUT2D eigenvalue weighted by molar-refractivity contribution is 6.54. The number of aliphatic imine (C=N–C) groups is 1. The van der Waals surface area contributed by atoms with Crippen molar-refractivity contribution in [2.45, 2.75) is 19.3 Å². The average molecular weight is 364 g/mol. The molecule has 0 N–H and O–H groups in total. The van der Waals surface area contributed by atoms with E-state index in [0.717, 1.165) is 37.2 Å². The van der Waals surface area contributed by atoms with Gasteiger partial charge in [0.15, 0.2) is 0 Å². The quantitative estimate of drug-likeness (QED) is 0.614. The zero-order valence-corrected chi connectivity index (χ0v) is 14.9. The van der Waals surface area contributed by atoms with Crippen LogP contribution in [0.25, 0.3) is 0 Å². The lowest BCUT2D eigenvalue weighted by Gasteiger charge is -2.30. The minimum Gasteiger partial charge on any atom is -0.293 e. The highest BCUT2D eigenvalue weighted by atomic mass is 16.6. The zero-order chi connectivity index (χ0) is 18.8. The number of benzene rings is 2. The van der Waals surface area contributed by atoms with Gasteiger partial charge < -0.3 is 0 Å². The number of rotatable bonds is 4. The molecule has 0 spiro atoms. The smallest absolute Gasteiger partial charge is 0.278 e. The van der Waals surface area contributed by atoms with Crippen LogP contribution in [0.1, 0.15) is 24.8 Å². The van der Waals surface area contributed by atoms with Gasteiger partial charge in [0.2, 0.25) is 0 Å². The summed E-state index contributed by atoms with van der Waals surface area (Å²) in [6.45, 7) is 2.52. The van der Waals surface area contributed by atoms with E-state index in [1.807, 2.05) is 24.3 Å². The number of para-hydroxylation sites is 1. The third kappa shape index (κ3) is 3.46. The Hall–Kier alpha value is -3.06. The Morgan fingerprint density at radius 1 is 1.04 bits per heavy atom. The number of piperidine rings is 1. The van der Waals surface area contributed by atoms with Crippen molar-refractivity contribution in [1.29, 1.82) is 0 Å². The van der Waals surface area contributed by atoms with Gasteiger partial charge in [-0.1, -0.05) is 30.7 Å². The maximum Gasteiger partial charge on any atom is 0.278 e. The third-order valence-corrected chi connectivity index (χ3v) is 4.97. The summed E-state index contributed by atoms with van der Waals surface area (Å²) in [7, 11) is 0. The number of nitro benzene ring substituents is 1. The lowest BCUT2D eigenvalue weighted by atomic mass is 10.1. The van der Waals surface area contributed by atoms with E-state index in [4.69, 9.17) is 0 Å². The number of nitro groups is 1. The second kappa shape index (κ2) is 7.28. The summed E-state index contributed by atoms with van der Waals surface area (Å²) < 4.78 is 0. The van der Waals surface area contributed by atoms with E-state index in [1.165, 1.54) is 18.6 Å². The van der Waals surface area contributed by atoms with Crippen molar-refractivity contribution in [2.24, 2.45) is 4.99 Å². The Morgan fingerprint density at radius 3 is 2.59 bits per heavy atom. The van der Waals surface area contributed by atoms with Crippen LogP contribution in [0, 0.1) is 10.1 Å². The van der Waals surface area contributed by atoms with Gasteiger partial charge in [0.25, 0.3) is 11.6 Å². The second-order valence-electron chi connectivity index (χ2n) is 6.81. The Kier molecular flexibility index (Phi) is 4.68. The fourth-order valence-electron chi connectivity index (χ4n) is 3.62. The van der Waals surface area contributed by atoms with Crippen molar-refractivity contribution < 1.29 is 9.72 Å². The number of hydrogen-bond acceptors (Lipinski definition) is 5. The summed E-state index contributed by atoms with van der Waals surface area (Å²) in [5, 5.41) is 11.0. The fourth-order valence-corrected chi connectivity index (χ4v) is 3.62. The molecule has 0 saturated carbocycles. The van der Waals surface area contributed by atoms with E-state index in [2.05, 4.69) is 9.89 Å². The van der Waals surface area contributed by atoms with Crippen molar-refractivity contribution >= 4 is 28.7 Å². The first-order valence-corrected chi connectivity index (χ1v) is 9.10. The van der Waals surface area contributed by atoms with Crippen LogP contribution in [0.3, 0.4) is 0 Å². The summed E-state index contributed by atoms with van der Waals surface area (Å²) in [5.74, 6) is -0.159. The van der Waals surface area contributed by atoms with E-state index in [1.54, 1.807) is 17.0 Å². The number of anilines is 1. The van der Waals surface area contributed by atoms with Gasteiger partial charge in [-0.15, -0.1) is 0 Å². The lowest BCUT2D eigenvalue weighted by molar-refractivity contribution is -0.384. The van der Waals surface area contributed by atoms with Gasteiger partial charge >= 0.3 is 0 Å². The van der Waals surface area contributed by atoms with Crippen LogP contribution < -0.4 is 4.90 Å². The van der Waals surface area contributed by atoms with E-state index in [-0.39, 0.29) is 11.6 Å². The second-order valence-corrected chi connectivity index (χ2v) is 6.81. The topological polar surface area (TPSA) is 79.0 Å². The molecule has 2 aromatic rings.